The third-order valence-corrected chi connectivity index (χ3v) is 9.30. The summed E-state index contributed by atoms with van der Waals surface area (Å²) in [4.78, 5) is 0. The Morgan fingerprint density at radius 3 is 2.43 bits per heavy atom. The van der Waals surface area contributed by atoms with Gasteiger partial charge in [0.1, 0.15) is 17.6 Å². The van der Waals surface area contributed by atoms with Gasteiger partial charge in [-0.3, -0.25) is 0 Å². The van der Waals surface area contributed by atoms with Gasteiger partial charge in [-0.2, -0.15) is 0 Å². The topological polar surface area (TPSA) is 18.5 Å². The van der Waals surface area contributed by atoms with Crippen LogP contribution in [0, 0.1) is 6.92 Å². The number of aryl methyl sites for hydroxylation is 1. The Hall–Kier alpha value is -1.22. The van der Waals surface area contributed by atoms with E-state index in [1.165, 1.54) is 5.56 Å². The van der Waals surface area contributed by atoms with Crippen molar-refractivity contribution in [1.82, 2.24) is 0 Å². The zero-order valence-electron chi connectivity index (χ0n) is 14.4. The summed E-state index contributed by atoms with van der Waals surface area (Å²) < 4.78 is 12.4. The maximum Gasteiger partial charge on any atom is 0.250 e. The normalized spacial score (nSPS) is 21.7. The predicted molar refractivity (Wildman–Crippen MR) is 92.0 cm³/mol. The van der Waals surface area contributed by atoms with E-state index < -0.39 is 8.32 Å². The van der Waals surface area contributed by atoms with Crippen molar-refractivity contribution in [3.05, 3.63) is 35.9 Å². The van der Waals surface area contributed by atoms with Crippen molar-refractivity contribution in [1.29, 1.82) is 0 Å². The highest BCUT2D eigenvalue weighted by molar-refractivity contribution is 6.74. The molecule has 1 aromatic carbocycles. The molecule has 0 fully saturated rings. The van der Waals surface area contributed by atoms with Crippen molar-refractivity contribution in [2.75, 3.05) is 0 Å². The average Bonchev–Trinajstić information content (AvgIpc) is 2.65. The van der Waals surface area contributed by atoms with Gasteiger partial charge in [0.25, 0.3) is 0 Å². The summed E-state index contributed by atoms with van der Waals surface area (Å²) in [6.07, 6.45) is 1.96. The second-order valence-corrected chi connectivity index (χ2v) is 12.3. The summed E-state index contributed by atoms with van der Waals surface area (Å²) in [6, 6.07) is 4.29. The Morgan fingerprint density at radius 1 is 1.29 bits per heavy atom. The zero-order valence-corrected chi connectivity index (χ0v) is 15.4. The van der Waals surface area contributed by atoms with Crippen LogP contribution < -0.4 is 9.16 Å². The molecule has 1 aliphatic heterocycles. The standard InChI is InChI=1S/C18H28O2Si/c1-9-15-13(3)14-11-16(12(2)10-17(14)19-15)20-21(7,8)18(4,5)6/h9-11,13,15H,1H2,2-8H3/t13-,15?/m0/s1. The number of fused-ring (bicyclic) bond motifs is 1. The molecule has 2 rings (SSSR count). The lowest BCUT2D eigenvalue weighted by Crippen LogP contribution is -2.44. The van der Waals surface area contributed by atoms with E-state index in [0.717, 1.165) is 17.1 Å². The van der Waals surface area contributed by atoms with E-state index >= 15 is 0 Å². The van der Waals surface area contributed by atoms with Gasteiger partial charge < -0.3 is 9.16 Å². The minimum atomic E-state index is -1.82. The molecular weight excluding hydrogens is 276 g/mol. The molecule has 1 unspecified atom stereocenters. The van der Waals surface area contributed by atoms with E-state index in [1.807, 2.05) is 6.08 Å². The number of benzene rings is 1. The lowest BCUT2D eigenvalue weighted by atomic mass is 9.96. The molecule has 0 N–H and O–H groups in total. The van der Waals surface area contributed by atoms with Gasteiger partial charge in [0.2, 0.25) is 8.32 Å². The first kappa shape index (κ1) is 16.2. The monoisotopic (exact) mass is 304 g/mol. The molecule has 2 nitrogen and oxygen atoms in total. The molecule has 0 saturated heterocycles. The van der Waals surface area contributed by atoms with Gasteiger partial charge in [0.15, 0.2) is 0 Å². The van der Waals surface area contributed by atoms with Gasteiger partial charge in [0.05, 0.1) is 0 Å². The van der Waals surface area contributed by atoms with Crippen LogP contribution in [0.1, 0.15) is 44.7 Å². The van der Waals surface area contributed by atoms with Crippen molar-refractivity contribution in [2.24, 2.45) is 0 Å². The van der Waals surface area contributed by atoms with E-state index in [1.54, 1.807) is 0 Å². The van der Waals surface area contributed by atoms with Gasteiger partial charge in [-0.15, -0.1) is 0 Å². The highest BCUT2D eigenvalue weighted by Gasteiger charge is 2.40. The molecule has 0 radical (unpaired) electrons. The Balaban J connectivity index is 2.37. The maximum absolute atomic E-state index is 6.50. The second-order valence-electron chi connectivity index (χ2n) is 7.62. The molecule has 2 atom stereocenters. The zero-order chi connectivity index (χ0) is 16.0. The van der Waals surface area contributed by atoms with Crippen molar-refractivity contribution in [3.63, 3.8) is 0 Å². The van der Waals surface area contributed by atoms with Crippen LogP contribution in [0.2, 0.25) is 18.1 Å². The van der Waals surface area contributed by atoms with Crippen LogP contribution >= 0.6 is 0 Å². The molecule has 116 valence electrons. The van der Waals surface area contributed by atoms with Gasteiger partial charge >= 0.3 is 0 Å². The lowest BCUT2D eigenvalue weighted by molar-refractivity contribution is 0.262. The maximum atomic E-state index is 6.50. The van der Waals surface area contributed by atoms with Crippen LogP contribution in [0.15, 0.2) is 24.8 Å². The fraction of sp³-hybridized carbons (Fsp3) is 0.556. The third kappa shape index (κ3) is 2.89. The first-order valence-corrected chi connectivity index (χ1v) is 10.6. The van der Waals surface area contributed by atoms with Crippen molar-refractivity contribution < 1.29 is 9.16 Å². The summed E-state index contributed by atoms with van der Waals surface area (Å²) >= 11 is 0. The fourth-order valence-corrected chi connectivity index (χ4v) is 3.43. The molecule has 1 aliphatic rings. The van der Waals surface area contributed by atoms with Crippen LogP contribution in [-0.2, 0) is 0 Å². The van der Waals surface area contributed by atoms with E-state index in [0.29, 0.717) is 5.92 Å². The minimum absolute atomic E-state index is 0.0718. The first-order valence-electron chi connectivity index (χ1n) is 7.69. The summed E-state index contributed by atoms with van der Waals surface area (Å²) in [6.45, 7) is 19.5. The van der Waals surface area contributed by atoms with E-state index in [-0.39, 0.29) is 11.1 Å². The van der Waals surface area contributed by atoms with Crippen molar-refractivity contribution in [3.8, 4) is 11.5 Å². The van der Waals surface area contributed by atoms with Crippen LogP contribution in [0.4, 0.5) is 0 Å². The van der Waals surface area contributed by atoms with Crippen LogP contribution in [-0.4, -0.2) is 14.4 Å². The molecule has 0 aliphatic carbocycles. The highest BCUT2D eigenvalue weighted by Crippen LogP contribution is 2.44. The minimum Gasteiger partial charge on any atom is -0.543 e. The Kier molecular flexibility index (Phi) is 4.00. The Bertz CT molecular complexity index is 555. The van der Waals surface area contributed by atoms with E-state index in [9.17, 15) is 0 Å². The molecule has 0 saturated carbocycles. The third-order valence-electron chi connectivity index (χ3n) is 4.96. The molecule has 21 heavy (non-hydrogen) atoms. The molecule has 0 amide bonds. The van der Waals surface area contributed by atoms with Crippen molar-refractivity contribution >= 4 is 8.32 Å². The van der Waals surface area contributed by atoms with Crippen LogP contribution in [0.25, 0.3) is 0 Å². The molecule has 1 heterocycles. The average molecular weight is 305 g/mol. The molecule has 0 bridgehead atoms. The SMILES string of the molecule is C=CC1Oc2cc(C)c(O[Si](C)(C)C(C)(C)C)cc2[C@@H]1C. The summed E-state index contributed by atoms with van der Waals surface area (Å²) in [7, 11) is -1.82. The highest BCUT2D eigenvalue weighted by atomic mass is 28.4. The van der Waals surface area contributed by atoms with Crippen LogP contribution in [0.5, 0.6) is 11.5 Å². The van der Waals surface area contributed by atoms with E-state index in [4.69, 9.17) is 9.16 Å². The molecular formula is C18H28O2Si. The second kappa shape index (κ2) is 5.20. The molecule has 0 spiro atoms. The van der Waals surface area contributed by atoms with Gasteiger partial charge in [-0.1, -0.05) is 40.3 Å². The quantitative estimate of drug-likeness (QED) is 0.547. The Labute approximate surface area is 130 Å². The van der Waals surface area contributed by atoms with Gasteiger partial charge in [0, 0.05) is 11.5 Å². The summed E-state index contributed by atoms with van der Waals surface area (Å²) in [5, 5.41) is 0.199. The van der Waals surface area contributed by atoms with Gasteiger partial charge in [-0.25, -0.2) is 0 Å². The fourth-order valence-electron chi connectivity index (χ4n) is 2.35. The largest absolute Gasteiger partial charge is 0.543 e. The lowest BCUT2D eigenvalue weighted by Gasteiger charge is -2.37. The Morgan fingerprint density at radius 2 is 1.90 bits per heavy atom. The van der Waals surface area contributed by atoms with Gasteiger partial charge in [-0.05, 0) is 42.8 Å². The smallest absolute Gasteiger partial charge is 0.250 e. The number of hydrogen-bond acceptors (Lipinski definition) is 2. The summed E-state index contributed by atoms with van der Waals surface area (Å²) in [5.41, 5.74) is 2.38. The summed E-state index contributed by atoms with van der Waals surface area (Å²) in [5.74, 6) is 2.33. The molecule has 0 aromatic heterocycles. The molecule has 1 aromatic rings. The number of ether oxygens (including phenoxy) is 1. The van der Waals surface area contributed by atoms with E-state index in [2.05, 4.69) is 66.4 Å². The first-order chi connectivity index (χ1) is 9.56. The number of rotatable bonds is 3. The molecule has 3 heteroatoms. The predicted octanol–water partition coefficient (Wildman–Crippen LogP) is 5.43. The van der Waals surface area contributed by atoms with Crippen LogP contribution in [0.3, 0.4) is 0 Å². The van der Waals surface area contributed by atoms with Crippen molar-refractivity contribution in [2.45, 2.75) is 64.8 Å². The number of hydrogen-bond donors (Lipinski definition) is 0.